The lowest BCUT2D eigenvalue weighted by molar-refractivity contribution is -0.123. The van der Waals surface area contributed by atoms with Crippen molar-refractivity contribution >= 4 is 11.8 Å². The predicted molar refractivity (Wildman–Crippen MR) is 76.7 cm³/mol. The number of amides is 2. The van der Waals surface area contributed by atoms with Crippen LogP contribution in [0.25, 0.3) is 0 Å². The van der Waals surface area contributed by atoms with E-state index >= 15 is 0 Å². The van der Waals surface area contributed by atoms with E-state index in [2.05, 4.69) is 5.10 Å². The molecule has 0 bridgehead atoms. The molecule has 2 rings (SSSR count). The van der Waals surface area contributed by atoms with Gasteiger partial charge in [-0.15, -0.1) is 0 Å². The Bertz CT molecular complexity index is 600. The summed E-state index contributed by atoms with van der Waals surface area (Å²) >= 11 is 0. The average Bonchev–Trinajstić information content (AvgIpc) is 2.46. The Morgan fingerprint density at radius 3 is 2.43 bits per heavy atom. The largest absolute Gasteiger partial charge is 0.369 e. The van der Waals surface area contributed by atoms with Crippen molar-refractivity contribution in [3.05, 3.63) is 28.2 Å². The van der Waals surface area contributed by atoms with Crippen molar-refractivity contribution in [2.45, 2.75) is 32.7 Å². The molecule has 0 spiro atoms. The number of carbonyl (C=O) groups is 2. The minimum Gasteiger partial charge on any atom is -0.369 e. The van der Waals surface area contributed by atoms with Crippen molar-refractivity contribution in [1.29, 1.82) is 0 Å². The Balaban J connectivity index is 2.13. The summed E-state index contributed by atoms with van der Waals surface area (Å²) in [6.07, 6.45) is 1.15. The number of primary amides is 1. The Labute approximate surface area is 122 Å². The standard InChI is InChI=1S/C14H20N4O3/c1-9(2)18-12(19)4-3-11(16-18)14(21)17-7-5-10(6-8-17)13(15)20/h3-4,9-10H,5-8H2,1-2H3,(H2,15,20). The summed E-state index contributed by atoms with van der Waals surface area (Å²) in [7, 11) is 0. The second kappa shape index (κ2) is 6.07. The first kappa shape index (κ1) is 15.2. The van der Waals surface area contributed by atoms with Crippen LogP contribution in [0.1, 0.15) is 43.2 Å². The van der Waals surface area contributed by atoms with Gasteiger partial charge in [0.1, 0.15) is 5.69 Å². The van der Waals surface area contributed by atoms with Crippen molar-refractivity contribution < 1.29 is 9.59 Å². The summed E-state index contributed by atoms with van der Waals surface area (Å²) < 4.78 is 1.30. The maximum Gasteiger partial charge on any atom is 0.274 e. The highest BCUT2D eigenvalue weighted by Crippen LogP contribution is 2.18. The molecule has 0 radical (unpaired) electrons. The molecule has 2 N–H and O–H groups in total. The molecular weight excluding hydrogens is 272 g/mol. The fourth-order valence-electron chi connectivity index (χ4n) is 2.44. The third-order valence-electron chi connectivity index (χ3n) is 3.72. The van der Waals surface area contributed by atoms with Gasteiger partial charge < -0.3 is 10.6 Å². The van der Waals surface area contributed by atoms with Gasteiger partial charge in [0.25, 0.3) is 11.5 Å². The molecule has 1 fully saturated rings. The van der Waals surface area contributed by atoms with Crippen molar-refractivity contribution in [1.82, 2.24) is 14.7 Å². The molecule has 2 heterocycles. The third-order valence-corrected chi connectivity index (χ3v) is 3.72. The third kappa shape index (κ3) is 3.29. The van der Waals surface area contributed by atoms with Crippen LogP contribution in [0.5, 0.6) is 0 Å². The van der Waals surface area contributed by atoms with Crippen molar-refractivity contribution in [2.24, 2.45) is 11.7 Å². The lowest BCUT2D eigenvalue weighted by atomic mass is 9.96. The van der Waals surface area contributed by atoms with Crippen LogP contribution < -0.4 is 11.3 Å². The first-order valence-corrected chi connectivity index (χ1v) is 7.08. The molecule has 114 valence electrons. The zero-order chi connectivity index (χ0) is 15.6. The van der Waals surface area contributed by atoms with Crippen molar-refractivity contribution in [2.75, 3.05) is 13.1 Å². The van der Waals surface area contributed by atoms with Crippen LogP contribution in [0.4, 0.5) is 0 Å². The molecule has 7 nitrogen and oxygen atoms in total. The number of rotatable bonds is 3. The molecule has 1 saturated heterocycles. The Kier molecular flexibility index (Phi) is 4.40. The molecule has 1 aliphatic heterocycles. The normalized spacial score (nSPS) is 16.2. The van der Waals surface area contributed by atoms with E-state index in [1.807, 2.05) is 13.8 Å². The zero-order valence-electron chi connectivity index (χ0n) is 12.3. The van der Waals surface area contributed by atoms with Gasteiger partial charge in [0, 0.05) is 25.1 Å². The summed E-state index contributed by atoms with van der Waals surface area (Å²) in [5.41, 5.74) is 5.30. The van der Waals surface area contributed by atoms with E-state index < -0.39 is 0 Å². The smallest absolute Gasteiger partial charge is 0.274 e. The van der Waals surface area contributed by atoms with E-state index in [1.54, 1.807) is 4.90 Å². The number of hydrogen-bond donors (Lipinski definition) is 1. The van der Waals surface area contributed by atoms with Crippen LogP contribution in [0.3, 0.4) is 0 Å². The van der Waals surface area contributed by atoms with E-state index in [1.165, 1.54) is 16.8 Å². The van der Waals surface area contributed by atoms with Gasteiger partial charge in [0.05, 0.1) is 6.04 Å². The van der Waals surface area contributed by atoms with Gasteiger partial charge in [-0.25, -0.2) is 4.68 Å². The van der Waals surface area contributed by atoms with E-state index in [-0.39, 0.29) is 35.0 Å². The number of nitrogens with zero attached hydrogens (tertiary/aromatic N) is 3. The van der Waals surface area contributed by atoms with Crippen LogP contribution in [0, 0.1) is 5.92 Å². The minimum atomic E-state index is -0.311. The number of aromatic nitrogens is 2. The number of piperidine rings is 1. The van der Waals surface area contributed by atoms with Gasteiger partial charge in [-0.05, 0) is 32.8 Å². The fourth-order valence-corrected chi connectivity index (χ4v) is 2.44. The van der Waals surface area contributed by atoms with Crippen LogP contribution in [-0.4, -0.2) is 39.6 Å². The van der Waals surface area contributed by atoms with Gasteiger partial charge in [0.2, 0.25) is 5.91 Å². The Morgan fingerprint density at radius 1 is 1.29 bits per heavy atom. The van der Waals surface area contributed by atoms with Crippen molar-refractivity contribution in [3.63, 3.8) is 0 Å². The highest BCUT2D eigenvalue weighted by Gasteiger charge is 2.27. The summed E-state index contributed by atoms with van der Waals surface area (Å²) in [6.45, 7) is 4.63. The SMILES string of the molecule is CC(C)n1nc(C(=O)N2CCC(C(N)=O)CC2)ccc1=O. The minimum absolute atomic E-state index is 0.106. The zero-order valence-corrected chi connectivity index (χ0v) is 12.3. The average molecular weight is 292 g/mol. The van der Waals surface area contributed by atoms with Gasteiger partial charge in [0.15, 0.2) is 0 Å². The first-order chi connectivity index (χ1) is 9.90. The summed E-state index contributed by atoms with van der Waals surface area (Å²) in [5, 5.41) is 4.12. The Morgan fingerprint density at radius 2 is 1.90 bits per heavy atom. The number of carbonyl (C=O) groups excluding carboxylic acids is 2. The summed E-state index contributed by atoms with van der Waals surface area (Å²) in [6, 6.07) is 2.70. The molecule has 0 atom stereocenters. The molecule has 21 heavy (non-hydrogen) atoms. The Hall–Kier alpha value is -2.18. The van der Waals surface area contributed by atoms with Crippen molar-refractivity contribution in [3.8, 4) is 0 Å². The molecule has 0 aliphatic carbocycles. The molecule has 1 aromatic heterocycles. The van der Waals surface area contributed by atoms with Crippen LogP contribution in [0.2, 0.25) is 0 Å². The fraction of sp³-hybridized carbons (Fsp3) is 0.571. The molecule has 2 amide bonds. The van der Waals surface area contributed by atoms with Gasteiger partial charge in [-0.2, -0.15) is 5.10 Å². The number of likely N-dealkylation sites (tertiary alicyclic amines) is 1. The molecule has 7 heteroatoms. The van der Waals surface area contributed by atoms with Crippen LogP contribution >= 0.6 is 0 Å². The van der Waals surface area contributed by atoms with E-state index in [0.29, 0.717) is 25.9 Å². The monoisotopic (exact) mass is 292 g/mol. The highest BCUT2D eigenvalue weighted by molar-refractivity contribution is 5.92. The second-order valence-electron chi connectivity index (χ2n) is 5.56. The van der Waals surface area contributed by atoms with E-state index in [0.717, 1.165) is 0 Å². The molecule has 1 aliphatic rings. The summed E-state index contributed by atoms with van der Waals surface area (Å²) in [5.74, 6) is -0.687. The quantitative estimate of drug-likeness (QED) is 0.858. The van der Waals surface area contributed by atoms with Gasteiger partial charge in [-0.1, -0.05) is 0 Å². The molecule has 0 saturated carbocycles. The first-order valence-electron chi connectivity index (χ1n) is 7.08. The van der Waals surface area contributed by atoms with E-state index in [9.17, 15) is 14.4 Å². The second-order valence-corrected chi connectivity index (χ2v) is 5.56. The van der Waals surface area contributed by atoms with Gasteiger partial charge >= 0.3 is 0 Å². The molecular formula is C14H20N4O3. The van der Waals surface area contributed by atoms with Crippen LogP contribution in [0.15, 0.2) is 16.9 Å². The topological polar surface area (TPSA) is 98.3 Å². The predicted octanol–water partition coefficient (Wildman–Crippen LogP) is 0.162. The van der Waals surface area contributed by atoms with Crippen LogP contribution in [-0.2, 0) is 4.79 Å². The lowest BCUT2D eigenvalue weighted by Crippen LogP contribution is -2.42. The van der Waals surface area contributed by atoms with Gasteiger partial charge in [-0.3, -0.25) is 14.4 Å². The summed E-state index contributed by atoms with van der Waals surface area (Å²) in [4.78, 5) is 36.8. The number of nitrogens with two attached hydrogens (primary N) is 1. The highest BCUT2D eigenvalue weighted by atomic mass is 16.2. The van der Waals surface area contributed by atoms with E-state index in [4.69, 9.17) is 5.73 Å². The molecule has 0 aromatic carbocycles. The lowest BCUT2D eigenvalue weighted by Gasteiger charge is -2.30. The molecule has 0 unspecified atom stereocenters. The molecule has 1 aromatic rings. The number of hydrogen-bond acceptors (Lipinski definition) is 4. The maximum absolute atomic E-state index is 12.4. The maximum atomic E-state index is 12.4.